The summed E-state index contributed by atoms with van der Waals surface area (Å²) in [5, 5.41) is 7.44. The smallest absolute Gasteiger partial charge is 0.0540 e. The van der Waals surface area contributed by atoms with Gasteiger partial charge in [-0.2, -0.15) is 0 Å². The molecule has 11 aromatic rings. The van der Waals surface area contributed by atoms with E-state index in [0.717, 1.165) is 29.0 Å². The second kappa shape index (κ2) is 16.7. The number of benzene rings is 11. The molecule has 0 heterocycles. The van der Waals surface area contributed by atoms with Gasteiger partial charge in [0.1, 0.15) is 0 Å². The molecule has 11 aromatic carbocycles. The Morgan fingerprint density at radius 3 is 1.53 bits per heavy atom. The molecule has 0 bridgehead atoms. The Morgan fingerprint density at radius 1 is 0.333 bits per heavy atom. The quantitative estimate of drug-likeness (QED) is 0.138. The Bertz CT molecular complexity index is 3630. The molecule has 0 aromatic heterocycles. The molecule has 0 saturated heterocycles. The Hall–Kier alpha value is -8.26. The Kier molecular flexibility index (Phi) is 9.95. The van der Waals surface area contributed by atoms with Gasteiger partial charge in [0.15, 0.2) is 0 Å². The van der Waals surface area contributed by atoms with Gasteiger partial charge in [-0.3, -0.25) is 0 Å². The summed E-state index contributed by atoms with van der Waals surface area (Å²) in [6, 6.07) is 89.5. The molecule has 1 atom stereocenters. The lowest BCUT2D eigenvalue weighted by atomic mass is 9.77. The maximum Gasteiger partial charge on any atom is 0.0540 e. The lowest BCUT2D eigenvalue weighted by Gasteiger charge is -2.33. The second-order valence-corrected chi connectivity index (χ2v) is 17.5. The molecule has 0 saturated carbocycles. The van der Waals surface area contributed by atoms with E-state index in [1.165, 1.54) is 93.5 Å². The minimum Gasteiger partial charge on any atom is -0.309 e. The van der Waals surface area contributed by atoms with Crippen LogP contribution in [0.5, 0.6) is 0 Å². The number of para-hydroxylation sites is 3. The zero-order valence-corrected chi connectivity index (χ0v) is 36.9. The van der Waals surface area contributed by atoms with Crippen LogP contribution in [-0.2, 0) is 0 Å². The SMILES string of the molecule is CC1CC=C(c2ccccc2)c2c(-c3ccccc3N(c3ccccc3-c3cccc4c3ccc3ccccc34)c3ccccc3-c3cccc4cccc(-c5ccccc5)c34)cccc21. The van der Waals surface area contributed by atoms with Crippen molar-refractivity contribution in [3.63, 3.8) is 0 Å². The van der Waals surface area contributed by atoms with Gasteiger partial charge in [0.05, 0.1) is 17.1 Å². The van der Waals surface area contributed by atoms with Crippen LogP contribution in [0.25, 0.3) is 82.4 Å². The van der Waals surface area contributed by atoms with Crippen molar-refractivity contribution in [3.8, 4) is 44.5 Å². The summed E-state index contributed by atoms with van der Waals surface area (Å²) in [5.74, 6) is 0.393. The number of allylic oxidation sites excluding steroid dienone is 1. The van der Waals surface area contributed by atoms with Gasteiger partial charge in [0, 0.05) is 16.7 Å². The molecule has 0 fully saturated rings. The predicted molar refractivity (Wildman–Crippen MR) is 282 cm³/mol. The van der Waals surface area contributed by atoms with Gasteiger partial charge in [-0.15, -0.1) is 0 Å². The monoisotopic (exact) mass is 841 g/mol. The number of anilines is 3. The van der Waals surface area contributed by atoms with Crippen LogP contribution < -0.4 is 4.90 Å². The summed E-state index contributed by atoms with van der Waals surface area (Å²) in [7, 11) is 0. The van der Waals surface area contributed by atoms with Crippen molar-refractivity contribution in [1.29, 1.82) is 0 Å². The highest BCUT2D eigenvalue weighted by molar-refractivity contribution is 6.14. The standard InChI is InChI=1S/C65H47N/c1-44-40-42-52(46-22-6-3-7-23-46)65-49(44)31-18-36-60(65)58-30-12-15-39-63(58)66(61-37-13-10-28-56(61)54-34-19-33-53-50-27-9-8-24-47(50)41-43-55(53)54)62-38-14-11-29-57(62)59-35-17-26-48-25-16-32-51(64(48)59)45-20-4-2-5-21-45/h2-39,41-44H,40H2,1H3. The van der Waals surface area contributed by atoms with E-state index in [-0.39, 0.29) is 0 Å². The third kappa shape index (κ3) is 6.71. The number of nitrogens with zero attached hydrogens (tertiary/aromatic N) is 1. The van der Waals surface area contributed by atoms with E-state index in [1.54, 1.807) is 0 Å². The lowest BCUT2D eigenvalue weighted by Crippen LogP contribution is -2.14. The van der Waals surface area contributed by atoms with Crippen LogP contribution in [0.15, 0.2) is 249 Å². The maximum absolute atomic E-state index is 2.56. The third-order valence-electron chi connectivity index (χ3n) is 13.7. The molecule has 1 aliphatic carbocycles. The van der Waals surface area contributed by atoms with Crippen molar-refractivity contribution in [2.24, 2.45) is 0 Å². The highest BCUT2D eigenvalue weighted by Crippen LogP contribution is 2.52. The molecule has 1 unspecified atom stereocenters. The van der Waals surface area contributed by atoms with Crippen LogP contribution in [0.2, 0.25) is 0 Å². The fourth-order valence-electron chi connectivity index (χ4n) is 10.7. The first kappa shape index (κ1) is 39.3. The Morgan fingerprint density at radius 2 is 0.818 bits per heavy atom. The number of hydrogen-bond acceptors (Lipinski definition) is 1. The van der Waals surface area contributed by atoms with Crippen LogP contribution in [0.4, 0.5) is 17.1 Å². The number of rotatable bonds is 8. The Labute approximate surface area is 387 Å². The molecule has 0 N–H and O–H groups in total. The molecule has 0 radical (unpaired) electrons. The zero-order valence-electron chi connectivity index (χ0n) is 36.9. The molecule has 0 amide bonds. The maximum atomic E-state index is 2.56. The molecular formula is C65H47N. The average Bonchev–Trinajstić information content (AvgIpc) is 3.39. The van der Waals surface area contributed by atoms with Crippen LogP contribution in [0.1, 0.15) is 36.0 Å². The van der Waals surface area contributed by atoms with E-state index in [9.17, 15) is 0 Å². The first-order valence-electron chi connectivity index (χ1n) is 23.2. The van der Waals surface area contributed by atoms with Crippen molar-refractivity contribution < 1.29 is 0 Å². The zero-order chi connectivity index (χ0) is 44.0. The second-order valence-electron chi connectivity index (χ2n) is 17.5. The molecule has 12 rings (SSSR count). The third-order valence-corrected chi connectivity index (χ3v) is 13.7. The van der Waals surface area contributed by atoms with Gasteiger partial charge in [-0.05, 0) is 113 Å². The topological polar surface area (TPSA) is 3.24 Å². The first-order valence-corrected chi connectivity index (χ1v) is 23.2. The van der Waals surface area contributed by atoms with Gasteiger partial charge < -0.3 is 4.90 Å². The van der Waals surface area contributed by atoms with Crippen molar-refractivity contribution >= 4 is 55.0 Å². The van der Waals surface area contributed by atoms with E-state index in [4.69, 9.17) is 0 Å². The minimum absolute atomic E-state index is 0.393. The van der Waals surface area contributed by atoms with Gasteiger partial charge in [0.2, 0.25) is 0 Å². The summed E-state index contributed by atoms with van der Waals surface area (Å²) < 4.78 is 0. The molecule has 312 valence electrons. The van der Waals surface area contributed by atoms with Crippen LogP contribution in [0.3, 0.4) is 0 Å². The average molecular weight is 842 g/mol. The molecule has 1 aliphatic rings. The van der Waals surface area contributed by atoms with Gasteiger partial charge in [-0.25, -0.2) is 0 Å². The molecule has 1 nitrogen and oxygen atoms in total. The van der Waals surface area contributed by atoms with Crippen molar-refractivity contribution in [2.75, 3.05) is 4.90 Å². The molecule has 0 spiro atoms. The fourth-order valence-corrected chi connectivity index (χ4v) is 10.7. The van der Waals surface area contributed by atoms with Crippen molar-refractivity contribution in [1.82, 2.24) is 0 Å². The van der Waals surface area contributed by atoms with E-state index in [2.05, 4.69) is 261 Å². The van der Waals surface area contributed by atoms with Crippen molar-refractivity contribution in [3.05, 3.63) is 265 Å². The number of hydrogen-bond donors (Lipinski definition) is 0. The lowest BCUT2D eigenvalue weighted by molar-refractivity contribution is 0.769. The van der Waals surface area contributed by atoms with E-state index in [0.29, 0.717) is 5.92 Å². The largest absolute Gasteiger partial charge is 0.309 e. The fraction of sp³-hybridized carbons (Fsp3) is 0.0462. The summed E-state index contributed by atoms with van der Waals surface area (Å²) in [5.41, 5.74) is 18.2. The summed E-state index contributed by atoms with van der Waals surface area (Å²) >= 11 is 0. The molecule has 0 aliphatic heterocycles. The van der Waals surface area contributed by atoms with Gasteiger partial charge >= 0.3 is 0 Å². The summed E-state index contributed by atoms with van der Waals surface area (Å²) in [6.07, 6.45) is 3.47. The highest BCUT2D eigenvalue weighted by Gasteiger charge is 2.28. The molecule has 66 heavy (non-hydrogen) atoms. The van der Waals surface area contributed by atoms with E-state index < -0.39 is 0 Å². The van der Waals surface area contributed by atoms with E-state index >= 15 is 0 Å². The molecule has 1 heteroatoms. The number of fused-ring (bicyclic) bond motifs is 5. The normalized spacial score (nSPS) is 13.4. The van der Waals surface area contributed by atoms with Crippen LogP contribution in [0, 0.1) is 0 Å². The summed E-state index contributed by atoms with van der Waals surface area (Å²) in [4.78, 5) is 2.56. The van der Waals surface area contributed by atoms with Gasteiger partial charge in [-0.1, -0.05) is 237 Å². The van der Waals surface area contributed by atoms with Crippen LogP contribution in [-0.4, -0.2) is 0 Å². The Balaban J connectivity index is 1.16. The first-order chi connectivity index (χ1) is 32.7. The molecular weight excluding hydrogens is 795 g/mol. The van der Waals surface area contributed by atoms with Crippen molar-refractivity contribution in [2.45, 2.75) is 19.3 Å². The minimum atomic E-state index is 0.393. The van der Waals surface area contributed by atoms with E-state index in [1.807, 2.05) is 0 Å². The van der Waals surface area contributed by atoms with Crippen LogP contribution >= 0.6 is 0 Å². The predicted octanol–water partition coefficient (Wildman–Crippen LogP) is 18.2. The van der Waals surface area contributed by atoms with Gasteiger partial charge in [0.25, 0.3) is 0 Å². The summed E-state index contributed by atoms with van der Waals surface area (Å²) in [6.45, 7) is 2.37. The highest BCUT2D eigenvalue weighted by atomic mass is 15.1.